The van der Waals surface area contributed by atoms with Crippen molar-refractivity contribution in [3.05, 3.63) is 54.1 Å². The maximum Gasteiger partial charge on any atom is 0.259 e. The Morgan fingerprint density at radius 3 is 2.64 bits per heavy atom. The molecule has 1 N–H and O–H groups in total. The summed E-state index contributed by atoms with van der Waals surface area (Å²) in [4.78, 5) is 12.6. The molecule has 1 atom stereocenters. The fourth-order valence-corrected chi connectivity index (χ4v) is 2.84. The number of nitrogens with one attached hydrogen (secondary N) is 1. The van der Waals surface area contributed by atoms with Crippen LogP contribution in [0.4, 0.5) is 5.69 Å². The summed E-state index contributed by atoms with van der Waals surface area (Å²) in [7, 11) is 1.55. The normalized spacial score (nSPS) is 16.9. The van der Waals surface area contributed by atoms with Crippen molar-refractivity contribution in [1.29, 1.82) is 0 Å². The standard InChI is InChI=1S/C20H23NO4/c1-23-18-11-4-2-9-16(18)20(22)21-17-10-3-5-12-19(17)25-14-15-8-6-7-13-24-15/h2-5,9-12,15H,6-8,13-14H2,1H3,(H,21,22)/t15-/m1/s1. The Kier molecular flexibility index (Phi) is 5.90. The van der Waals surface area contributed by atoms with Gasteiger partial charge in [0.15, 0.2) is 0 Å². The van der Waals surface area contributed by atoms with E-state index in [0.717, 1.165) is 19.4 Å². The molecule has 5 nitrogen and oxygen atoms in total. The molecule has 3 rings (SSSR count). The Balaban J connectivity index is 1.68. The minimum absolute atomic E-state index is 0.117. The van der Waals surface area contributed by atoms with Crippen LogP contribution in [0, 0.1) is 0 Å². The average molecular weight is 341 g/mol. The van der Waals surface area contributed by atoms with E-state index in [1.807, 2.05) is 30.3 Å². The third-order valence-corrected chi connectivity index (χ3v) is 4.19. The molecule has 1 heterocycles. The zero-order valence-electron chi connectivity index (χ0n) is 14.4. The molecule has 25 heavy (non-hydrogen) atoms. The van der Waals surface area contributed by atoms with E-state index >= 15 is 0 Å². The van der Waals surface area contributed by atoms with Crippen LogP contribution in [0.3, 0.4) is 0 Å². The Morgan fingerprint density at radius 1 is 1.12 bits per heavy atom. The summed E-state index contributed by atoms with van der Waals surface area (Å²) in [5, 5.41) is 2.90. The van der Waals surface area contributed by atoms with Gasteiger partial charge in [0.2, 0.25) is 0 Å². The fourth-order valence-electron chi connectivity index (χ4n) is 2.84. The third kappa shape index (κ3) is 4.51. The molecule has 2 aromatic rings. The van der Waals surface area contributed by atoms with E-state index in [9.17, 15) is 4.79 Å². The van der Waals surface area contributed by atoms with E-state index in [1.165, 1.54) is 6.42 Å². The van der Waals surface area contributed by atoms with Crippen molar-refractivity contribution in [3.8, 4) is 11.5 Å². The molecule has 0 unspecified atom stereocenters. The van der Waals surface area contributed by atoms with Gasteiger partial charge >= 0.3 is 0 Å². The van der Waals surface area contributed by atoms with Crippen LogP contribution in [0.1, 0.15) is 29.6 Å². The van der Waals surface area contributed by atoms with Crippen molar-refractivity contribution in [1.82, 2.24) is 0 Å². The van der Waals surface area contributed by atoms with Crippen LogP contribution in [-0.4, -0.2) is 32.3 Å². The largest absolute Gasteiger partial charge is 0.496 e. The molecule has 132 valence electrons. The number of benzene rings is 2. The number of hydrogen-bond donors (Lipinski definition) is 1. The number of para-hydroxylation sites is 3. The zero-order valence-corrected chi connectivity index (χ0v) is 14.4. The van der Waals surface area contributed by atoms with E-state index < -0.39 is 0 Å². The molecule has 1 fully saturated rings. The minimum atomic E-state index is -0.234. The molecular formula is C20H23NO4. The zero-order chi connectivity index (χ0) is 17.5. The first-order chi connectivity index (χ1) is 12.3. The first-order valence-corrected chi connectivity index (χ1v) is 8.55. The summed E-state index contributed by atoms with van der Waals surface area (Å²) in [6.07, 6.45) is 3.41. The van der Waals surface area contributed by atoms with Gasteiger partial charge in [-0.2, -0.15) is 0 Å². The second-order valence-electron chi connectivity index (χ2n) is 5.95. The second kappa shape index (κ2) is 8.53. The van der Waals surface area contributed by atoms with Gasteiger partial charge in [0, 0.05) is 6.61 Å². The molecule has 0 saturated carbocycles. The molecule has 0 aromatic heterocycles. The smallest absolute Gasteiger partial charge is 0.259 e. The first kappa shape index (κ1) is 17.3. The Morgan fingerprint density at radius 2 is 1.88 bits per heavy atom. The highest BCUT2D eigenvalue weighted by atomic mass is 16.5. The van der Waals surface area contributed by atoms with E-state index in [4.69, 9.17) is 14.2 Å². The summed E-state index contributed by atoms with van der Waals surface area (Å²) < 4.78 is 16.8. The van der Waals surface area contributed by atoms with Crippen LogP contribution in [0.5, 0.6) is 11.5 Å². The molecule has 2 aromatic carbocycles. The molecule has 1 aliphatic heterocycles. The number of carbonyl (C=O) groups excluding carboxylic acids is 1. The summed E-state index contributed by atoms with van der Waals surface area (Å²) >= 11 is 0. The predicted octanol–water partition coefficient (Wildman–Crippen LogP) is 3.90. The molecular weight excluding hydrogens is 318 g/mol. The van der Waals surface area contributed by atoms with Crippen LogP contribution >= 0.6 is 0 Å². The Bertz CT molecular complexity index is 710. The summed E-state index contributed by atoms with van der Waals surface area (Å²) in [6.45, 7) is 1.28. The molecule has 0 bridgehead atoms. The van der Waals surface area contributed by atoms with Crippen LogP contribution in [0.15, 0.2) is 48.5 Å². The molecule has 1 saturated heterocycles. The average Bonchev–Trinajstić information content (AvgIpc) is 2.68. The van der Waals surface area contributed by atoms with Crippen molar-refractivity contribution in [2.24, 2.45) is 0 Å². The number of hydrogen-bond acceptors (Lipinski definition) is 4. The summed E-state index contributed by atoms with van der Waals surface area (Å²) in [5.41, 5.74) is 1.12. The lowest BCUT2D eigenvalue weighted by molar-refractivity contribution is -0.0109. The SMILES string of the molecule is COc1ccccc1C(=O)Nc1ccccc1OC[C@H]1CCCCO1. The van der Waals surface area contributed by atoms with Crippen molar-refractivity contribution < 1.29 is 19.0 Å². The molecule has 0 radical (unpaired) electrons. The first-order valence-electron chi connectivity index (χ1n) is 8.55. The van der Waals surface area contributed by atoms with Crippen LogP contribution in [0.2, 0.25) is 0 Å². The Labute approximate surface area is 147 Å². The molecule has 0 aliphatic carbocycles. The van der Waals surface area contributed by atoms with E-state index in [-0.39, 0.29) is 12.0 Å². The highest BCUT2D eigenvalue weighted by Gasteiger charge is 2.17. The maximum absolute atomic E-state index is 12.6. The van der Waals surface area contributed by atoms with Gasteiger partial charge in [-0.15, -0.1) is 0 Å². The van der Waals surface area contributed by atoms with Crippen molar-refractivity contribution in [2.75, 3.05) is 25.6 Å². The summed E-state index contributed by atoms with van der Waals surface area (Å²) in [5.74, 6) is 0.941. The van der Waals surface area contributed by atoms with Gasteiger partial charge in [0.1, 0.15) is 18.1 Å². The van der Waals surface area contributed by atoms with E-state index in [1.54, 1.807) is 25.3 Å². The van der Waals surface area contributed by atoms with Gasteiger partial charge in [-0.25, -0.2) is 0 Å². The Hall–Kier alpha value is -2.53. The predicted molar refractivity (Wildman–Crippen MR) is 96.5 cm³/mol. The third-order valence-electron chi connectivity index (χ3n) is 4.19. The number of rotatable bonds is 6. The van der Waals surface area contributed by atoms with Gasteiger partial charge in [-0.05, 0) is 43.5 Å². The maximum atomic E-state index is 12.6. The number of carbonyl (C=O) groups is 1. The second-order valence-corrected chi connectivity index (χ2v) is 5.95. The van der Waals surface area contributed by atoms with Gasteiger partial charge < -0.3 is 19.5 Å². The summed E-state index contributed by atoms with van der Waals surface area (Å²) in [6, 6.07) is 14.5. The van der Waals surface area contributed by atoms with Gasteiger partial charge in [-0.1, -0.05) is 24.3 Å². The number of methoxy groups -OCH3 is 1. The molecule has 1 aliphatic rings. The molecule has 0 spiro atoms. The lowest BCUT2D eigenvalue weighted by Gasteiger charge is -2.23. The van der Waals surface area contributed by atoms with Gasteiger partial charge in [-0.3, -0.25) is 4.79 Å². The van der Waals surface area contributed by atoms with Crippen molar-refractivity contribution in [3.63, 3.8) is 0 Å². The van der Waals surface area contributed by atoms with Crippen LogP contribution < -0.4 is 14.8 Å². The lowest BCUT2D eigenvalue weighted by Crippen LogP contribution is -2.26. The number of anilines is 1. The number of ether oxygens (including phenoxy) is 3. The van der Waals surface area contributed by atoms with E-state index in [2.05, 4.69) is 5.32 Å². The van der Waals surface area contributed by atoms with Crippen molar-refractivity contribution in [2.45, 2.75) is 25.4 Å². The van der Waals surface area contributed by atoms with Gasteiger partial charge in [0.05, 0.1) is 24.5 Å². The topological polar surface area (TPSA) is 56.8 Å². The van der Waals surface area contributed by atoms with E-state index in [0.29, 0.717) is 29.4 Å². The highest BCUT2D eigenvalue weighted by molar-refractivity contribution is 6.06. The lowest BCUT2D eigenvalue weighted by atomic mass is 10.1. The van der Waals surface area contributed by atoms with Crippen molar-refractivity contribution >= 4 is 11.6 Å². The minimum Gasteiger partial charge on any atom is -0.496 e. The fraction of sp³-hybridized carbons (Fsp3) is 0.350. The molecule has 1 amide bonds. The van der Waals surface area contributed by atoms with Crippen LogP contribution in [-0.2, 0) is 4.74 Å². The monoisotopic (exact) mass is 341 g/mol. The quantitative estimate of drug-likeness (QED) is 0.866. The molecule has 5 heteroatoms. The van der Waals surface area contributed by atoms with Gasteiger partial charge in [0.25, 0.3) is 5.91 Å². The van der Waals surface area contributed by atoms with Crippen LogP contribution in [0.25, 0.3) is 0 Å². The highest BCUT2D eigenvalue weighted by Crippen LogP contribution is 2.27. The number of amides is 1.